The lowest BCUT2D eigenvalue weighted by Gasteiger charge is -2.07. The molecule has 1 aromatic carbocycles. The van der Waals surface area contributed by atoms with Crippen molar-refractivity contribution in [3.8, 4) is 0 Å². The SMILES string of the molecule is Cc1nc(NC(=O)c2n[nH]c3ccccc23)sc1C(=O)N(C)C. The summed E-state index contributed by atoms with van der Waals surface area (Å²) in [5.74, 6) is -0.495. The summed E-state index contributed by atoms with van der Waals surface area (Å²) >= 11 is 1.15. The van der Waals surface area contributed by atoms with Crippen LogP contribution in [0.4, 0.5) is 5.13 Å². The maximum Gasteiger partial charge on any atom is 0.278 e. The number of carbonyl (C=O) groups is 2. The molecular weight excluding hydrogens is 314 g/mol. The highest BCUT2D eigenvalue weighted by atomic mass is 32.1. The van der Waals surface area contributed by atoms with Crippen molar-refractivity contribution in [2.75, 3.05) is 19.4 Å². The number of benzene rings is 1. The molecule has 0 aliphatic heterocycles. The summed E-state index contributed by atoms with van der Waals surface area (Å²) in [4.78, 5) is 30.7. The molecule has 7 nitrogen and oxygen atoms in total. The maximum atomic E-state index is 12.4. The first kappa shape index (κ1) is 15.2. The highest BCUT2D eigenvalue weighted by Gasteiger charge is 2.20. The lowest BCUT2D eigenvalue weighted by Crippen LogP contribution is -2.21. The van der Waals surface area contributed by atoms with Crippen molar-refractivity contribution in [2.24, 2.45) is 0 Å². The number of carbonyl (C=O) groups excluding carboxylic acids is 2. The van der Waals surface area contributed by atoms with Crippen LogP contribution in [-0.4, -0.2) is 46.0 Å². The molecule has 3 rings (SSSR count). The average molecular weight is 329 g/mol. The monoisotopic (exact) mass is 329 g/mol. The highest BCUT2D eigenvalue weighted by molar-refractivity contribution is 7.17. The predicted octanol–water partition coefficient (Wildman–Crippen LogP) is 2.28. The molecule has 0 saturated heterocycles. The number of aromatic nitrogens is 3. The van der Waals surface area contributed by atoms with E-state index in [2.05, 4.69) is 20.5 Å². The molecule has 8 heteroatoms. The molecule has 0 atom stereocenters. The molecule has 0 aliphatic rings. The molecular formula is C15H15N5O2S. The van der Waals surface area contributed by atoms with Crippen molar-refractivity contribution in [2.45, 2.75) is 6.92 Å². The van der Waals surface area contributed by atoms with E-state index in [9.17, 15) is 9.59 Å². The van der Waals surface area contributed by atoms with E-state index in [1.165, 1.54) is 4.90 Å². The molecule has 2 aromatic heterocycles. The largest absolute Gasteiger partial charge is 0.344 e. The van der Waals surface area contributed by atoms with Gasteiger partial charge in [0.25, 0.3) is 11.8 Å². The van der Waals surface area contributed by atoms with E-state index in [0.717, 1.165) is 22.2 Å². The third kappa shape index (κ3) is 2.80. The van der Waals surface area contributed by atoms with Gasteiger partial charge in [-0.05, 0) is 13.0 Å². The normalized spacial score (nSPS) is 10.7. The van der Waals surface area contributed by atoms with Gasteiger partial charge in [0.15, 0.2) is 10.8 Å². The third-order valence-electron chi connectivity index (χ3n) is 3.30. The minimum absolute atomic E-state index is 0.134. The summed E-state index contributed by atoms with van der Waals surface area (Å²) < 4.78 is 0. The van der Waals surface area contributed by atoms with Crippen molar-refractivity contribution in [1.82, 2.24) is 20.1 Å². The van der Waals surface area contributed by atoms with Crippen LogP contribution in [0, 0.1) is 6.92 Å². The van der Waals surface area contributed by atoms with Gasteiger partial charge in [-0.15, -0.1) is 0 Å². The van der Waals surface area contributed by atoms with E-state index in [-0.39, 0.29) is 11.8 Å². The van der Waals surface area contributed by atoms with Crippen LogP contribution in [0.2, 0.25) is 0 Å². The number of nitrogens with zero attached hydrogens (tertiary/aromatic N) is 3. The van der Waals surface area contributed by atoms with Crippen LogP contribution in [0.3, 0.4) is 0 Å². The lowest BCUT2D eigenvalue weighted by atomic mass is 10.2. The third-order valence-corrected chi connectivity index (χ3v) is 4.36. The number of H-pyrrole nitrogens is 1. The summed E-state index contributed by atoms with van der Waals surface area (Å²) in [6, 6.07) is 7.38. The van der Waals surface area contributed by atoms with Gasteiger partial charge in [0.1, 0.15) is 4.88 Å². The Bertz CT molecular complexity index is 896. The standard InChI is InChI=1S/C15H15N5O2S/c1-8-12(14(22)20(2)3)23-15(16-8)17-13(21)11-9-6-4-5-7-10(9)18-19-11/h4-7H,1-3H3,(H,18,19)(H,16,17,21). The van der Waals surface area contributed by atoms with Gasteiger partial charge in [0.2, 0.25) is 0 Å². The molecule has 0 bridgehead atoms. The molecule has 0 fully saturated rings. The number of aryl methyl sites for hydroxylation is 1. The molecule has 0 spiro atoms. The molecule has 23 heavy (non-hydrogen) atoms. The van der Waals surface area contributed by atoms with Crippen LogP contribution in [0.1, 0.15) is 25.9 Å². The van der Waals surface area contributed by atoms with E-state index < -0.39 is 0 Å². The zero-order chi connectivity index (χ0) is 16.6. The van der Waals surface area contributed by atoms with Gasteiger partial charge in [-0.2, -0.15) is 5.10 Å². The van der Waals surface area contributed by atoms with Gasteiger partial charge < -0.3 is 4.90 Å². The topological polar surface area (TPSA) is 91.0 Å². The molecule has 0 saturated carbocycles. The van der Waals surface area contributed by atoms with Crippen LogP contribution < -0.4 is 5.32 Å². The smallest absolute Gasteiger partial charge is 0.278 e. The van der Waals surface area contributed by atoms with Gasteiger partial charge in [0, 0.05) is 19.5 Å². The fraction of sp³-hybridized carbons (Fsp3) is 0.200. The van der Waals surface area contributed by atoms with E-state index in [1.54, 1.807) is 21.0 Å². The average Bonchev–Trinajstić information content (AvgIpc) is 3.10. The fourth-order valence-corrected chi connectivity index (χ4v) is 3.13. The van der Waals surface area contributed by atoms with Crippen LogP contribution in [0.15, 0.2) is 24.3 Å². The van der Waals surface area contributed by atoms with Crippen molar-refractivity contribution in [1.29, 1.82) is 0 Å². The second-order valence-electron chi connectivity index (χ2n) is 5.21. The van der Waals surface area contributed by atoms with E-state index >= 15 is 0 Å². The zero-order valence-electron chi connectivity index (χ0n) is 12.9. The van der Waals surface area contributed by atoms with Gasteiger partial charge in [-0.3, -0.25) is 20.0 Å². The Balaban J connectivity index is 1.86. The first-order valence-corrected chi connectivity index (χ1v) is 7.72. The Kier molecular flexibility index (Phi) is 3.83. The van der Waals surface area contributed by atoms with E-state index in [4.69, 9.17) is 0 Å². The van der Waals surface area contributed by atoms with Crippen molar-refractivity contribution >= 4 is 39.2 Å². The fourth-order valence-electron chi connectivity index (χ4n) is 2.14. The Morgan fingerprint density at radius 1 is 1.26 bits per heavy atom. The van der Waals surface area contributed by atoms with Crippen molar-refractivity contribution in [3.05, 3.63) is 40.5 Å². The molecule has 2 amide bonds. The van der Waals surface area contributed by atoms with Crippen LogP contribution >= 0.6 is 11.3 Å². The first-order valence-electron chi connectivity index (χ1n) is 6.91. The number of para-hydroxylation sites is 1. The number of hydrogen-bond donors (Lipinski definition) is 2. The molecule has 0 radical (unpaired) electrons. The summed E-state index contributed by atoms with van der Waals surface area (Å²) in [7, 11) is 3.35. The number of aromatic amines is 1. The lowest BCUT2D eigenvalue weighted by molar-refractivity contribution is 0.0831. The number of rotatable bonds is 3. The van der Waals surface area contributed by atoms with E-state index in [1.807, 2.05) is 24.3 Å². The number of hydrogen-bond acceptors (Lipinski definition) is 5. The molecule has 0 unspecified atom stereocenters. The van der Waals surface area contributed by atoms with Gasteiger partial charge in [0.05, 0.1) is 11.2 Å². The van der Waals surface area contributed by atoms with Gasteiger partial charge in [-0.1, -0.05) is 29.5 Å². The van der Waals surface area contributed by atoms with Crippen LogP contribution in [0.5, 0.6) is 0 Å². The van der Waals surface area contributed by atoms with Crippen LogP contribution in [0.25, 0.3) is 10.9 Å². The number of amides is 2. The number of fused-ring (bicyclic) bond motifs is 1. The quantitative estimate of drug-likeness (QED) is 0.771. The second-order valence-corrected chi connectivity index (χ2v) is 6.20. The number of anilines is 1. The maximum absolute atomic E-state index is 12.4. The Morgan fingerprint density at radius 3 is 2.74 bits per heavy atom. The molecule has 3 aromatic rings. The second kappa shape index (κ2) is 5.81. The minimum Gasteiger partial charge on any atom is -0.344 e. The predicted molar refractivity (Wildman–Crippen MR) is 88.9 cm³/mol. The number of thiazole rings is 1. The first-order chi connectivity index (χ1) is 11.0. The zero-order valence-corrected chi connectivity index (χ0v) is 13.7. The summed E-state index contributed by atoms with van der Waals surface area (Å²) in [6.45, 7) is 1.74. The Hall–Kier alpha value is -2.74. The Morgan fingerprint density at radius 2 is 2.00 bits per heavy atom. The van der Waals surface area contributed by atoms with E-state index in [0.29, 0.717) is 21.4 Å². The number of nitrogens with one attached hydrogen (secondary N) is 2. The van der Waals surface area contributed by atoms with Gasteiger partial charge >= 0.3 is 0 Å². The Labute approximate surface area is 136 Å². The van der Waals surface area contributed by atoms with Crippen molar-refractivity contribution in [3.63, 3.8) is 0 Å². The summed E-state index contributed by atoms with van der Waals surface area (Å²) in [5.41, 5.74) is 1.68. The summed E-state index contributed by atoms with van der Waals surface area (Å²) in [5, 5.41) is 10.7. The van der Waals surface area contributed by atoms with Gasteiger partial charge in [-0.25, -0.2) is 4.98 Å². The highest BCUT2D eigenvalue weighted by Crippen LogP contribution is 2.24. The molecule has 118 valence electrons. The molecule has 2 heterocycles. The molecule has 2 N–H and O–H groups in total. The van der Waals surface area contributed by atoms with Crippen LogP contribution in [-0.2, 0) is 0 Å². The molecule has 0 aliphatic carbocycles. The summed E-state index contributed by atoms with van der Waals surface area (Å²) in [6.07, 6.45) is 0. The van der Waals surface area contributed by atoms with Crippen molar-refractivity contribution < 1.29 is 9.59 Å². The minimum atomic E-state index is -0.361.